The molecule has 0 spiro atoms. The summed E-state index contributed by atoms with van der Waals surface area (Å²) in [5, 5.41) is 2.77. The van der Waals surface area contributed by atoms with Crippen LogP contribution < -0.4 is 5.32 Å². The zero-order valence-corrected chi connectivity index (χ0v) is 12.6. The highest BCUT2D eigenvalue weighted by molar-refractivity contribution is 5.91. The number of anilines is 1. The van der Waals surface area contributed by atoms with E-state index in [0.29, 0.717) is 18.2 Å². The quantitative estimate of drug-likeness (QED) is 0.912. The van der Waals surface area contributed by atoms with Crippen LogP contribution in [0, 0.1) is 12.8 Å². The second kappa shape index (κ2) is 6.88. The third-order valence-electron chi connectivity index (χ3n) is 2.91. The number of benzene rings is 1. The van der Waals surface area contributed by atoms with Crippen LogP contribution in [0.15, 0.2) is 42.6 Å². The fourth-order valence-electron chi connectivity index (χ4n) is 1.90. The van der Waals surface area contributed by atoms with Crippen molar-refractivity contribution in [2.24, 2.45) is 5.92 Å². The standard InChI is InChI=1S/C17H20N2O2/c1-12(2)11-21-17(20)19-16-10-18-13(3)9-15(16)14-7-5-4-6-8-14/h4-10,12H,11H2,1-3H3,(H,19,20). The Bertz CT molecular complexity index is 609. The molecule has 2 aromatic rings. The van der Waals surface area contributed by atoms with Gasteiger partial charge in [0.1, 0.15) is 0 Å². The van der Waals surface area contributed by atoms with E-state index in [1.807, 2.05) is 57.2 Å². The lowest BCUT2D eigenvalue weighted by Crippen LogP contribution is -2.17. The predicted octanol–water partition coefficient (Wildman–Crippen LogP) is 4.26. The Morgan fingerprint density at radius 1 is 1.29 bits per heavy atom. The number of nitrogens with zero attached hydrogens (tertiary/aromatic N) is 1. The second-order valence-electron chi connectivity index (χ2n) is 5.35. The minimum absolute atomic E-state index is 0.306. The van der Waals surface area contributed by atoms with Crippen molar-refractivity contribution in [3.8, 4) is 11.1 Å². The summed E-state index contributed by atoms with van der Waals surface area (Å²) >= 11 is 0. The van der Waals surface area contributed by atoms with E-state index in [0.717, 1.165) is 16.8 Å². The molecule has 0 bridgehead atoms. The van der Waals surface area contributed by atoms with Gasteiger partial charge in [-0.3, -0.25) is 10.3 Å². The van der Waals surface area contributed by atoms with Gasteiger partial charge in [-0.25, -0.2) is 4.79 Å². The number of carbonyl (C=O) groups is 1. The summed E-state index contributed by atoms with van der Waals surface area (Å²) in [6.45, 7) is 6.31. The molecule has 4 nitrogen and oxygen atoms in total. The van der Waals surface area contributed by atoms with E-state index in [9.17, 15) is 4.79 Å². The van der Waals surface area contributed by atoms with Crippen LogP contribution in [-0.4, -0.2) is 17.7 Å². The third-order valence-corrected chi connectivity index (χ3v) is 2.91. The minimum atomic E-state index is -0.452. The van der Waals surface area contributed by atoms with E-state index in [-0.39, 0.29) is 0 Å². The van der Waals surface area contributed by atoms with Crippen molar-refractivity contribution in [3.05, 3.63) is 48.3 Å². The van der Waals surface area contributed by atoms with Crippen LogP contribution in [0.4, 0.5) is 10.5 Å². The fraction of sp³-hybridized carbons (Fsp3) is 0.294. The first-order valence-electron chi connectivity index (χ1n) is 7.02. The molecule has 0 aliphatic heterocycles. The normalized spacial score (nSPS) is 10.5. The molecule has 21 heavy (non-hydrogen) atoms. The second-order valence-corrected chi connectivity index (χ2v) is 5.35. The summed E-state index contributed by atoms with van der Waals surface area (Å²) in [7, 11) is 0. The number of nitrogens with one attached hydrogen (secondary N) is 1. The first kappa shape index (κ1) is 15.0. The Morgan fingerprint density at radius 3 is 2.67 bits per heavy atom. The van der Waals surface area contributed by atoms with Gasteiger partial charge in [-0.15, -0.1) is 0 Å². The van der Waals surface area contributed by atoms with Gasteiger partial charge in [-0.1, -0.05) is 44.2 Å². The summed E-state index contributed by atoms with van der Waals surface area (Å²) < 4.78 is 5.15. The molecule has 0 radical (unpaired) electrons. The summed E-state index contributed by atoms with van der Waals surface area (Å²) in [5.41, 5.74) is 3.52. The molecule has 1 heterocycles. The van der Waals surface area contributed by atoms with Gasteiger partial charge in [0.15, 0.2) is 0 Å². The van der Waals surface area contributed by atoms with Gasteiger partial charge >= 0.3 is 6.09 Å². The number of hydrogen-bond acceptors (Lipinski definition) is 3. The Morgan fingerprint density at radius 2 is 2.00 bits per heavy atom. The molecule has 0 saturated carbocycles. The summed E-state index contributed by atoms with van der Waals surface area (Å²) in [5.74, 6) is 0.306. The molecule has 2 rings (SSSR count). The number of pyridine rings is 1. The molecule has 0 aliphatic carbocycles. The average Bonchev–Trinajstić information content (AvgIpc) is 2.48. The molecule has 1 N–H and O–H groups in total. The molecule has 1 aromatic carbocycles. The third kappa shape index (κ3) is 4.31. The van der Waals surface area contributed by atoms with Gasteiger partial charge in [-0.2, -0.15) is 0 Å². The number of aryl methyl sites for hydroxylation is 1. The van der Waals surface area contributed by atoms with Crippen LogP contribution in [0.5, 0.6) is 0 Å². The van der Waals surface area contributed by atoms with E-state index < -0.39 is 6.09 Å². The molecule has 0 aliphatic rings. The lowest BCUT2D eigenvalue weighted by molar-refractivity contribution is 0.147. The van der Waals surface area contributed by atoms with Crippen LogP contribution in [0.2, 0.25) is 0 Å². The van der Waals surface area contributed by atoms with E-state index in [1.54, 1.807) is 6.20 Å². The molecule has 4 heteroatoms. The smallest absolute Gasteiger partial charge is 0.411 e. The maximum atomic E-state index is 11.8. The molecule has 0 fully saturated rings. The van der Waals surface area contributed by atoms with E-state index in [1.165, 1.54) is 0 Å². The Kier molecular flexibility index (Phi) is 4.93. The maximum absolute atomic E-state index is 11.8. The molecule has 1 amide bonds. The topological polar surface area (TPSA) is 51.2 Å². The van der Waals surface area contributed by atoms with Crippen LogP contribution in [0.1, 0.15) is 19.5 Å². The summed E-state index contributed by atoms with van der Waals surface area (Å²) in [4.78, 5) is 16.1. The number of rotatable bonds is 4. The van der Waals surface area contributed by atoms with Gasteiger partial charge < -0.3 is 4.74 Å². The molecule has 1 aromatic heterocycles. The first-order chi connectivity index (χ1) is 10.1. The fourth-order valence-corrected chi connectivity index (χ4v) is 1.90. The Balaban J connectivity index is 2.22. The predicted molar refractivity (Wildman–Crippen MR) is 84.2 cm³/mol. The number of aromatic nitrogens is 1. The SMILES string of the molecule is Cc1cc(-c2ccccc2)c(NC(=O)OCC(C)C)cn1. The van der Waals surface area contributed by atoms with E-state index >= 15 is 0 Å². The van der Waals surface area contributed by atoms with Gasteiger partial charge in [0, 0.05) is 11.3 Å². The molecular formula is C17H20N2O2. The zero-order chi connectivity index (χ0) is 15.2. The Labute approximate surface area is 125 Å². The van der Waals surface area contributed by atoms with Crippen molar-refractivity contribution in [3.63, 3.8) is 0 Å². The van der Waals surface area contributed by atoms with Crippen LogP contribution in [0.25, 0.3) is 11.1 Å². The largest absolute Gasteiger partial charge is 0.449 e. The molecule has 0 unspecified atom stereocenters. The number of carbonyl (C=O) groups excluding carboxylic acids is 1. The number of ether oxygens (including phenoxy) is 1. The highest BCUT2D eigenvalue weighted by Gasteiger charge is 2.11. The maximum Gasteiger partial charge on any atom is 0.411 e. The lowest BCUT2D eigenvalue weighted by atomic mass is 10.0. The molecular weight excluding hydrogens is 264 g/mol. The average molecular weight is 284 g/mol. The van der Waals surface area contributed by atoms with Gasteiger partial charge in [0.2, 0.25) is 0 Å². The highest BCUT2D eigenvalue weighted by Crippen LogP contribution is 2.27. The summed E-state index contributed by atoms with van der Waals surface area (Å²) in [6, 6.07) is 11.8. The molecule has 0 saturated heterocycles. The lowest BCUT2D eigenvalue weighted by Gasteiger charge is -2.13. The van der Waals surface area contributed by atoms with Gasteiger partial charge in [0.25, 0.3) is 0 Å². The molecule has 0 atom stereocenters. The van der Waals surface area contributed by atoms with E-state index in [2.05, 4.69) is 10.3 Å². The van der Waals surface area contributed by atoms with Crippen molar-refractivity contribution < 1.29 is 9.53 Å². The monoisotopic (exact) mass is 284 g/mol. The van der Waals surface area contributed by atoms with Crippen molar-refractivity contribution in [2.45, 2.75) is 20.8 Å². The summed E-state index contributed by atoms with van der Waals surface area (Å²) in [6.07, 6.45) is 1.21. The Hall–Kier alpha value is -2.36. The van der Waals surface area contributed by atoms with Gasteiger partial charge in [0.05, 0.1) is 18.5 Å². The first-order valence-corrected chi connectivity index (χ1v) is 7.02. The minimum Gasteiger partial charge on any atom is -0.449 e. The van der Waals surface area contributed by atoms with Crippen molar-refractivity contribution in [1.82, 2.24) is 4.98 Å². The van der Waals surface area contributed by atoms with Crippen LogP contribution in [0.3, 0.4) is 0 Å². The van der Waals surface area contributed by atoms with E-state index in [4.69, 9.17) is 4.74 Å². The van der Waals surface area contributed by atoms with Crippen LogP contribution in [-0.2, 0) is 4.74 Å². The number of amides is 1. The van der Waals surface area contributed by atoms with Crippen molar-refractivity contribution in [2.75, 3.05) is 11.9 Å². The highest BCUT2D eigenvalue weighted by atomic mass is 16.5. The van der Waals surface area contributed by atoms with Crippen LogP contribution >= 0.6 is 0 Å². The number of hydrogen-bond donors (Lipinski definition) is 1. The zero-order valence-electron chi connectivity index (χ0n) is 12.6. The van der Waals surface area contributed by atoms with Crippen molar-refractivity contribution in [1.29, 1.82) is 0 Å². The van der Waals surface area contributed by atoms with Crippen molar-refractivity contribution >= 4 is 11.8 Å². The molecule has 110 valence electrons. The van der Waals surface area contributed by atoms with Gasteiger partial charge in [-0.05, 0) is 24.5 Å².